The van der Waals surface area contributed by atoms with Crippen molar-refractivity contribution in [3.8, 4) is 5.75 Å². The third-order valence-electron chi connectivity index (χ3n) is 3.69. The molecule has 0 fully saturated rings. The maximum Gasteiger partial charge on any atom is 0.306 e. The molecule has 26 heavy (non-hydrogen) atoms. The van der Waals surface area contributed by atoms with Crippen LogP contribution in [-0.2, 0) is 27.5 Å². The van der Waals surface area contributed by atoms with Crippen molar-refractivity contribution in [2.45, 2.75) is 24.5 Å². The van der Waals surface area contributed by atoms with Gasteiger partial charge in [0.05, 0.1) is 18.0 Å². The van der Waals surface area contributed by atoms with Crippen LogP contribution in [0.3, 0.4) is 0 Å². The number of carbonyl (C=O) groups is 1. The van der Waals surface area contributed by atoms with Crippen molar-refractivity contribution in [2.24, 2.45) is 0 Å². The van der Waals surface area contributed by atoms with Crippen LogP contribution in [-0.4, -0.2) is 23.4 Å². The van der Waals surface area contributed by atoms with Crippen molar-refractivity contribution < 1.29 is 23.9 Å². The molecule has 1 aliphatic heterocycles. The van der Waals surface area contributed by atoms with Crippen LogP contribution >= 0.6 is 11.8 Å². The molecule has 0 radical (unpaired) electrons. The average Bonchev–Trinajstić information content (AvgIpc) is 2.66. The minimum atomic E-state index is -0.489. The van der Waals surface area contributed by atoms with Crippen LogP contribution in [0.25, 0.3) is 0 Å². The number of hydrogen-bond donors (Lipinski definition) is 0. The molecule has 7 nitrogen and oxygen atoms in total. The molecule has 2 aromatic rings. The number of nitro benzene ring substituents is 1. The maximum absolute atomic E-state index is 12.0. The van der Waals surface area contributed by atoms with Crippen LogP contribution in [0.1, 0.15) is 17.5 Å². The van der Waals surface area contributed by atoms with E-state index in [2.05, 4.69) is 0 Å². The van der Waals surface area contributed by atoms with Gasteiger partial charge in [0.15, 0.2) is 6.79 Å². The Bertz CT molecular complexity index is 796. The smallest absolute Gasteiger partial charge is 0.306 e. The second-order valence-electron chi connectivity index (χ2n) is 5.53. The van der Waals surface area contributed by atoms with Gasteiger partial charge in [-0.05, 0) is 12.1 Å². The Labute approximate surface area is 154 Å². The number of ether oxygens (including phenoxy) is 3. The van der Waals surface area contributed by atoms with E-state index in [1.807, 2.05) is 30.3 Å². The largest absolute Gasteiger partial charge is 0.467 e. The van der Waals surface area contributed by atoms with Gasteiger partial charge in [-0.3, -0.25) is 14.9 Å². The molecule has 0 amide bonds. The number of esters is 1. The molecule has 0 spiro atoms. The van der Waals surface area contributed by atoms with Crippen molar-refractivity contribution >= 4 is 23.4 Å². The fourth-order valence-corrected chi connectivity index (χ4v) is 3.35. The molecule has 0 atom stereocenters. The van der Waals surface area contributed by atoms with Gasteiger partial charge in [-0.15, -0.1) is 11.8 Å². The summed E-state index contributed by atoms with van der Waals surface area (Å²) in [6, 6.07) is 12.6. The van der Waals surface area contributed by atoms with E-state index in [4.69, 9.17) is 14.2 Å². The van der Waals surface area contributed by atoms with Gasteiger partial charge in [-0.2, -0.15) is 0 Å². The Morgan fingerprint density at radius 1 is 1.27 bits per heavy atom. The van der Waals surface area contributed by atoms with Crippen LogP contribution in [0.5, 0.6) is 5.75 Å². The van der Waals surface area contributed by atoms with E-state index in [1.54, 1.807) is 11.8 Å². The van der Waals surface area contributed by atoms with Crippen molar-refractivity contribution in [1.82, 2.24) is 0 Å². The first-order valence-corrected chi connectivity index (χ1v) is 8.96. The highest BCUT2D eigenvalue weighted by molar-refractivity contribution is 7.99. The molecule has 2 aromatic carbocycles. The van der Waals surface area contributed by atoms with Crippen molar-refractivity contribution in [2.75, 3.05) is 12.5 Å². The van der Waals surface area contributed by atoms with Gasteiger partial charge in [0.25, 0.3) is 5.69 Å². The van der Waals surface area contributed by atoms with Gasteiger partial charge >= 0.3 is 5.97 Å². The van der Waals surface area contributed by atoms with E-state index in [1.165, 1.54) is 12.1 Å². The van der Waals surface area contributed by atoms with Crippen LogP contribution in [0.15, 0.2) is 47.4 Å². The van der Waals surface area contributed by atoms with E-state index in [9.17, 15) is 14.9 Å². The number of thioether (sulfide) groups is 1. The zero-order chi connectivity index (χ0) is 18.4. The Balaban J connectivity index is 1.57. The molecule has 8 heteroatoms. The number of rotatable bonds is 7. The fraction of sp³-hybridized carbons (Fsp3) is 0.278. The van der Waals surface area contributed by atoms with Gasteiger partial charge in [0.1, 0.15) is 12.4 Å². The van der Waals surface area contributed by atoms with Gasteiger partial charge < -0.3 is 14.2 Å². The lowest BCUT2D eigenvalue weighted by Crippen LogP contribution is -2.15. The monoisotopic (exact) mass is 375 g/mol. The number of hydrogen-bond acceptors (Lipinski definition) is 7. The zero-order valence-electron chi connectivity index (χ0n) is 13.9. The lowest BCUT2D eigenvalue weighted by atomic mass is 10.1. The Morgan fingerprint density at radius 3 is 2.85 bits per heavy atom. The van der Waals surface area contributed by atoms with Crippen molar-refractivity contribution in [1.29, 1.82) is 0 Å². The van der Waals surface area contributed by atoms with Crippen molar-refractivity contribution in [3.63, 3.8) is 0 Å². The highest BCUT2D eigenvalue weighted by Crippen LogP contribution is 2.33. The molecular weight excluding hydrogens is 358 g/mol. The third kappa shape index (κ3) is 4.74. The van der Waals surface area contributed by atoms with Gasteiger partial charge in [-0.25, -0.2) is 0 Å². The summed E-state index contributed by atoms with van der Waals surface area (Å²) in [5, 5.41) is 11.1. The second kappa shape index (κ2) is 8.68. The molecule has 0 N–H and O–H groups in total. The van der Waals surface area contributed by atoms with E-state index in [0.717, 1.165) is 4.90 Å². The summed E-state index contributed by atoms with van der Waals surface area (Å²) in [5.41, 5.74) is 0.973. The van der Waals surface area contributed by atoms with Crippen LogP contribution < -0.4 is 4.74 Å². The number of fused-ring (bicyclic) bond motifs is 1. The lowest BCUT2D eigenvalue weighted by Gasteiger charge is -2.20. The first kappa shape index (κ1) is 18.2. The predicted molar refractivity (Wildman–Crippen MR) is 95.0 cm³/mol. The van der Waals surface area contributed by atoms with Gasteiger partial charge in [-0.1, -0.05) is 18.2 Å². The lowest BCUT2D eigenvalue weighted by molar-refractivity contribution is -0.385. The summed E-state index contributed by atoms with van der Waals surface area (Å²) in [5.74, 6) is 0.731. The zero-order valence-corrected chi connectivity index (χ0v) is 14.7. The Morgan fingerprint density at radius 2 is 2.08 bits per heavy atom. The average molecular weight is 375 g/mol. The Kier molecular flexibility index (Phi) is 6.08. The summed E-state index contributed by atoms with van der Waals surface area (Å²) >= 11 is 1.57. The molecule has 0 aromatic heterocycles. The molecule has 1 heterocycles. The highest BCUT2D eigenvalue weighted by Gasteiger charge is 2.21. The molecule has 0 unspecified atom stereocenters. The molecule has 3 rings (SSSR count). The number of non-ortho nitro benzene ring substituents is 1. The van der Waals surface area contributed by atoms with Gasteiger partial charge in [0, 0.05) is 33.9 Å². The molecule has 0 saturated heterocycles. The fourth-order valence-electron chi connectivity index (χ4n) is 2.49. The number of nitrogens with zero attached hydrogens (tertiary/aromatic N) is 1. The third-order valence-corrected chi connectivity index (χ3v) is 4.70. The van der Waals surface area contributed by atoms with E-state index >= 15 is 0 Å². The SMILES string of the molecule is O=C(CCSc1ccccc1)OCc1cc([N+](=O)[O-])cc2c1OCOC2. The highest BCUT2D eigenvalue weighted by atomic mass is 32.2. The number of carbonyl (C=O) groups excluding carboxylic acids is 1. The first-order chi connectivity index (χ1) is 12.6. The normalized spacial score (nSPS) is 12.8. The summed E-state index contributed by atoms with van der Waals surface area (Å²) in [7, 11) is 0. The molecule has 0 saturated carbocycles. The molecule has 136 valence electrons. The Hall–Kier alpha value is -2.58. The minimum Gasteiger partial charge on any atom is -0.467 e. The number of nitro groups is 1. The summed E-state index contributed by atoms with van der Waals surface area (Å²) < 4.78 is 15.8. The molecular formula is C18H17NO6S. The van der Waals surface area contributed by atoms with E-state index in [-0.39, 0.29) is 38.1 Å². The van der Waals surface area contributed by atoms with Gasteiger partial charge in [0.2, 0.25) is 0 Å². The predicted octanol–water partition coefficient (Wildman–Crippen LogP) is 3.69. The maximum atomic E-state index is 12.0. The first-order valence-electron chi connectivity index (χ1n) is 7.97. The minimum absolute atomic E-state index is 0.0689. The quantitative estimate of drug-likeness (QED) is 0.316. The van der Waals surface area contributed by atoms with Crippen LogP contribution in [0.4, 0.5) is 5.69 Å². The number of benzene rings is 2. The van der Waals surface area contributed by atoms with E-state index in [0.29, 0.717) is 22.6 Å². The topological polar surface area (TPSA) is 87.9 Å². The summed E-state index contributed by atoms with van der Waals surface area (Å²) in [6.07, 6.45) is 0.251. The van der Waals surface area contributed by atoms with E-state index < -0.39 is 4.92 Å². The molecule has 0 bridgehead atoms. The summed E-state index contributed by atoms with van der Waals surface area (Å²) in [6.45, 7) is 0.226. The molecule has 1 aliphatic rings. The van der Waals surface area contributed by atoms with Crippen LogP contribution in [0, 0.1) is 10.1 Å². The second-order valence-corrected chi connectivity index (χ2v) is 6.70. The standard InChI is InChI=1S/C18H17NO6S/c20-17(6-7-26-16-4-2-1-3-5-16)24-11-14-9-15(19(21)22)8-13-10-23-12-25-18(13)14/h1-5,8-9H,6-7,10-12H2. The molecule has 0 aliphatic carbocycles. The van der Waals surface area contributed by atoms with Crippen molar-refractivity contribution in [3.05, 3.63) is 63.7 Å². The van der Waals surface area contributed by atoms with Crippen LogP contribution in [0.2, 0.25) is 0 Å². The summed E-state index contributed by atoms with van der Waals surface area (Å²) in [4.78, 5) is 23.6.